The molecule has 0 aromatic heterocycles. The van der Waals surface area contributed by atoms with Gasteiger partial charge in [0.2, 0.25) is 0 Å². The van der Waals surface area contributed by atoms with E-state index in [1.54, 1.807) is 0 Å². The van der Waals surface area contributed by atoms with E-state index in [9.17, 15) is 0 Å². The Morgan fingerprint density at radius 1 is 0.500 bits per heavy atom. The molecule has 0 aliphatic rings. The van der Waals surface area contributed by atoms with Crippen LogP contribution in [0.1, 0.15) is 101 Å². The van der Waals surface area contributed by atoms with Crippen LogP contribution in [0.2, 0.25) is 0 Å². The van der Waals surface area contributed by atoms with Gasteiger partial charge in [-0.05, 0) is 99.3 Å². The molecule has 0 unspecified atom stereocenters. The van der Waals surface area contributed by atoms with Gasteiger partial charge in [0.05, 0.1) is 0 Å². The Hall–Kier alpha value is -0.160. The van der Waals surface area contributed by atoms with Gasteiger partial charge in [-0.2, -0.15) is 0 Å². The lowest BCUT2D eigenvalue weighted by atomic mass is 9.96. The molecule has 0 aliphatic carbocycles. The van der Waals surface area contributed by atoms with Crippen LogP contribution in [0.25, 0.3) is 0 Å². The minimum atomic E-state index is 0.551. The summed E-state index contributed by atoms with van der Waals surface area (Å²) in [6.45, 7) is 18.2. The highest BCUT2D eigenvalue weighted by Gasteiger charge is 2.13. The van der Waals surface area contributed by atoms with Gasteiger partial charge in [0.15, 0.2) is 0 Å². The molecule has 4 heteroatoms. The molecule has 0 atom stereocenters. The third-order valence-electron chi connectivity index (χ3n) is 4.92. The molecule has 0 aliphatic heterocycles. The lowest BCUT2D eigenvalue weighted by molar-refractivity contribution is 0.816. The predicted octanol–water partition coefficient (Wildman–Crippen LogP) is 10.3. The number of rotatable bonds is 9. The molecule has 0 heterocycles. The fourth-order valence-electron chi connectivity index (χ4n) is 3.01. The molecule has 0 nitrogen and oxygen atoms in total. The number of hydrogen-bond donors (Lipinski definition) is 0. The summed E-state index contributed by atoms with van der Waals surface area (Å²) >= 11 is 0. The highest BCUT2D eigenvalue weighted by Crippen LogP contribution is 2.52. The third kappa shape index (κ3) is 6.68. The predicted molar refractivity (Wildman–Crippen MR) is 136 cm³/mol. The second-order valence-corrected chi connectivity index (χ2v) is 14.3. The van der Waals surface area contributed by atoms with Gasteiger partial charge in [0.1, 0.15) is 0 Å². The number of hydrogen-bond acceptors (Lipinski definition) is 4. The first-order valence-electron chi connectivity index (χ1n) is 10.2. The molecule has 0 saturated carbocycles. The molecule has 0 N–H and O–H groups in total. The zero-order chi connectivity index (χ0) is 20.8. The maximum absolute atomic E-state index is 2.40. The van der Waals surface area contributed by atoms with E-state index in [1.807, 2.05) is 41.2 Å². The van der Waals surface area contributed by atoms with E-state index in [2.05, 4.69) is 91.8 Å². The lowest BCUT2D eigenvalue weighted by Gasteiger charge is -2.16. The van der Waals surface area contributed by atoms with E-state index < -0.39 is 0 Å². The Labute approximate surface area is 188 Å². The topological polar surface area (TPSA) is 0 Å². The normalized spacial score (nSPS) is 12.0. The SMILES string of the molecule is CC(C)c1ccc(SSSSc2ccc(C(C)C)cc2C(C)C)c(C(C)C)c1. The summed E-state index contributed by atoms with van der Waals surface area (Å²) in [5, 5.41) is 0. The van der Waals surface area contributed by atoms with Crippen LogP contribution in [-0.2, 0) is 0 Å². The van der Waals surface area contributed by atoms with Gasteiger partial charge in [0.25, 0.3) is 0 Å². The van der Waals surface area contributed by atoms with Crippen molar-refractivity contribution in [1.29, 1.82) is 0 Å². The van der Waals surface area contributed by atoms with Crippen LogP contribution < -0.4 is 0 Å². The van der Waals surface area contributed by atoms with Gasteiger partial charge in [-0.25, -0.2) is 0 Å². The highest BCUT2D eigenvalue weighted by molar-refractivity contribution is 9.26. The van der Waals surface area contributed by atoms with E-state index in [0.29, 0.717) is 23.7 Å². The zero-order valence-corrected chi connectivity index (χ0v) is 21.7. The van der Waals surface area contributed by atoms with Crippen molar-refractivity contribution in [1.82, 2.24) is 0 Å². The van der Waals surface area contributed by atoms with Crippen molar-refractivity contribution in [2.24, 2.45) is 0 Å². The summed E-state index contributed by atoms with van der Waals surface area (Å²) in [5.74, 6) is 2.26. The van der Waals surface area contributed by atoms with Crippen LogP contribution in [0.15, 0.2) is 46.2 Å². The first-order valence-corrected chi connectivity index (χ1v) is 15.0. The number of benzene rings is 2. The Balaban J connectivity index is 2.03. The average molecular weight is 451 g/mol. The van der Waals surface area contributed by atoms with Crippen molar-refractivity contribution in [3.05, 3.63) is 58.7 Å². The molecule has 154 valence electrons. The molecule has 0 bridgehead atoms. The van der Waals surface area contributed by atoms with Crippen molar-refractivity contribution < 1.29 is 0 Å². The van der Waals surface area contributed by atoms with Crippen LogP contribution in [0.3, 0.4) is 0 Å². The van der Waals surface area contributed by atoms with Gasteiger partial charge in [-0.15, -0.1) is 0 Å². The first kappa shape index (κ1) is 24.1. The van der Waals surface area contributed by atoms with Gasteiger partial charge in [-0.1, -0.05) is 79.7 Å². The molecule has 2 aromatic carbocycles. The quantitative estimate of drug-likeness (QED) is 0.275. The Morgan fingerprint density at radius 3 is 1.14 bits per heavy atom. The minimum Gasteiger partial charge on any atom is -0.0587 e. The van der Waals surface area contributed by atoms with Gasteiger partial charge in [-0.3, -0.25) is 0 Å². The lowest BCUT2D eigenvalue weighted by Crippen LogP contribution is -1.95. The smallest absolute Gasteiger partial charge is 0.0226 e. The van der Waals surface area contributed by atoms with Crippen LogP contribution >= 0.6 is 41.2 Å². The first-order chi connectivity index (χ1) is 13.2. The maximum Gasteiger partial charge on any atom is 0.0226 e. The van der Waals surface area contributed by atoms with Gasteiger partial charge >= 0.3 is 0 Å². The average Bonchev–Trinajstić information content (AvgIpc) is 2.64. The van der Waals surface area contributed by atoms with E-state index in [-0.39, 0.29) is 0 Å². The van der Waals surface area contributed by atoms with Crippen LogP contribution in [0.5, 0.6) is 0 Å². The summed E-state index contributed by atoms with van der Waals surface area (Å²) in [6.07, 6.45) is 0. The fourth-order valence-corrected chi connectivity index (χ4v) is 9.08. The van der Waals surface area contributed by atoms with E-state index >= 15 is 0 Å². The second-order valence-electron chi connectivity index (χ2n) is 8.52. The summed E-state index contributed by atoms with van der Waals surface area (Å²) in [7, 11) is 7.54. The summed E-state index contributed by atoms with van der Waals surface area (Å²) in [4.78, 5) is 2.80. The van der Waals surface area contributed by atoms with Gasteiger partial charge < -0.3 is 0 Å². The van der Waals surface area contributed by atoms with Crippen LogP contribution in [-0.4, -0.2) is 0 Å². The molecule has 2 aromatic rings. The Morgan fingerprint density at radius 2 is 0.857 bits per heavy atom. The second kappa shape index (κ2) is 11.3. The fraction of sp³-hybridized carbons (Fsp3) is 0.500. The Kier molecular flexibility index (Phi) is 9.72. The standard InChI is InChI=1S/C24H34S4/c1-15(2)19-9-11-23(21(13-19)17(5)6)25-27-28-26-24-12-10-20(16(3)4)14-22(24)18(7)8/h9-18H,1-8H3. The Bertz CT molecular complexity index is 698. The molecule has 2 rings (SSSR count). The van der Waals surface area contributed by atoms with Crippen molar-refractivity contribution in [2.45, 2.75) is 88.9 Å². The molecular formula is C24H34S4. The molecule has 0 fully saturated rings. The highest BCUT2D eigenvalue weighted by atomic mass is 33.7. The van der Waals surface area contributed by atoms with E-state index in [0.717, 1.165) is 0 Å². The molecule has 0 radical (unpaired) electrons. The monoisotopic (exact) mass is 450 g/mol. The van der Waals surface area contributed by atoms with E-state index in [1.165, 1.54) is 32.0 Å². The molecule has 0 amide bonds. The molecule has 0 spiro atoms. The van der Waals surface area contributed by atoms with Crippen molar-refractivity contribution >= 4 is 41.2 Å². The van der Waals surface area contributed by atoms with Crippen molar-refractivity contribution in [3.63, 3.8) is 0 Å². The summed E-state index contributed by atoms with van der Waals surface area (Å²) < 4.78 is 0. The summed E-state index contributed by atoms with van der Waals surface area (Å²) in [5.41, 5.74) is 5.82. The van der Waals surface area contributed by atoms with Crippen molar-refractivity contribution in [2.75, 3.05) is 0 Å². The largest absolute Gasteiger partial charge is 0.0587 e. The van der Waals surface area contributed by atoms with Crippen LogP contribution in [0, 0.1) is 0 Å². The minimum absolute atomic E-state index is 0.551. The van der Waals surface area contributed by atoms with Gasteiger partial charge in [0, 0.05) is 9.79 Å². The molecule has 0 saturated heterocycles. The molecular weight excluding hydrogens is 417 g/mol. The zero-order valence-electron chi connectivity index (χ0n) is 18.4. The molecule has 28 heavy (non-hydrogen) atoms. The van der Waals surface area contributed by atoms with Crippen LogP contribution in [0.4, 0.5) is 0 Å². The van der Waals surface area contributed by atoms with E-state index in [4.69, 9.17) is 0 Å². The third-order valence-corrected chi connectivity index (χ3v) is 11.1. The maximum atomic E-state index is 2.40. The van der Waals surface area contributed by atoms with Crippen molar-refractivity contribution in [3.8, 4) is 0 Å². The summed E-state index contributed by atoms with van der Waals surface area (Å²) in [6, 6.07) is 14.0.